The Kier molecular flexibility index (Phi) is 12.2. The van der Waals surface area contributed by atoms with Gasteiger partial charge in [0.15, 0.2) is 5.79 Å². The van der Waals surface area contributed by atoms with Gasteiger partial charge in [0.2, 0.25) is 8.32 Å². The summed E-state index contributed by atoms with van der Waals surface area (Å²) in [5, 5.41) is 0. The van der Waals surface area contributed by atoms with Crippen molar-refractivity contribution in [2.45, 2.75) is 142 Å². The molecule has 0 N–H and O–H groups in total. The van der Waals surface area contributed by atoms with E-state index in [0.717, 1.165) is 32.1 Å². The van der Waals surface area contributed by atoms with Gasteiger partial charge in [-0.3, -0.25) is 0 Å². The number of hydrogen-bond donors (Lipinski definition) is 0. The molecular formula is C26H50O5Si. The predicted molar refractivity (Wildman–Crippen MR) is 134 cm³/mol. The first-order chi connectivity index (χ1) is 14.9. The lowest BCUT2D eigenvalue weighted by molar-refractivity contribution is -0.144. The van der Waals surface area contributed by atoms with Crippen LogP contribution in [0.4, 0.5) is 0 Å². The summed E-state index contributed by atoms with van der Waals surface area (Å²) in [5.74, 6) is -0.966. The van der Waals surface area contributed by atoms with E-state index in [2.05, 4.69) is 48.5 Å². The van der Waals surface area contributed by atoms with E-state index < -0.39 is 14.1 Å². The van der Waals surface area contributed by atoms with Gasteiger partial charge in [-0.2, -0.15) is 0 Å². The highest BCUT2D eigenvalue weighted by molar-refractivity contribution is 6.77. The van der Waals surface area contributed by atoms with E-state index in [1.807, 2.05) is 13.8 Å². The van der Waals surface area contributed by atoms with Gasteiger partial charge in [0.25, 0.3) is 0 Å². The molecule has 0 saturated carbocycles. The van der Waals surface area contributed by atoms with Crippen LogP contribution in [0.15, 0.2) is 12.2 Å². The standard InChI is InChI=1S/C26H50O5Si/c1-11-28-25(27)18-17-24-23(29-26(9,10)30-24)16-14-12-13-15-22(8)31-32(19(2)3,20(4)5)21(6)7/h17-24H,11-16H2,1-10H3/b18-17-/t22-,23+,24+/m1/s1. The van der Waals surface area contributed by atoms with E-state index in [-0.39, 0.29) is 18.2 Å². The van der Waals surface area contributed by atoms with Crippen molar-refractivity contribution in [2.75, 3.05) is 6.61 Å². The number of ether oxygens (including phenoxy) is 3. The third kappa shape index (κ3) is 8.58. The molecule has 1 heterocycles. The highest BCUT2D eigenvalue weighted by Gasteiger charge is 2.46. The van der Waals surface area contributed by atoms with Crippen molar-refractivity contribution in [3.63, 3.8) is 0 Å². The summed E-state index contributed by atoms with van der Waals surface area (Å²) >= 11 is 0. The van der Waals surface area contributed by atoms with Crippen LogP contribution in [0.25, 0.3) is 0 Å². The molecule has 1 saturated heterocycles. The lowest BCUT2D eigenvalue weighted by Crippen LogP contribution is -2.49. The Morgan fingerprint density at radius 3 is 2.09 bits per heavy atom. The first kappa shape index (κ1) is 29.3. The molecule has 0 radical (unpaired) electrons. The Morgan fingerprint density at radius 2 is 1.56 bits per heavy atom. The lowest BCUT2D eigenvalue weighted by Gasteiger charge is -2.44. The van der Waals surface area contributed by atoms with E-state index in [9.17, 15) is 4.79 Å². The Bertz CT molecular complexity index is 563. The van der Waals surface area contributed by atoms with E-state index in [1.165, 1.54) is 6.08 Å². The van der Waals surface area contributed by atoms with Gasteiger partial charge in [0.1, 0.15) is 6.10 Å². The molecule has 1 fully saturated rings. The molecule has 0 amide bonds. The molecule has 5 nitrogen and oxygen atoms in total. The minimum absolute atomic E-state index is 0.0350. The Morgan fingerprint density at radius 1 is 0.969 bits per heavy atom. The molecule has 0 spiro atoms. The number of carbonyl (C=O) groups excluding carboxylic acids is 1. The molecule has 0 aromatic carbocycles. The van der Waals surface area contributed by atoms with Gasteiger partial charge in [-0.15, -0.1) is 0 Å². The minimum atomic E-state index is -1.81. The topological polar surface area (TPSA) is 54.0 Å². The molecule has 0 aromatic rings. The van der Waals surface area contributed by atoms with Gasteiger partial charge in [-0.1, -0.05) is 60.8 Å². The first-order valence-corrected chi connectivity index (χ1v) is 14.9. The smallest absolute Gasteiger partial charge is 0.330 e. The van der Waals surface area contributed by atoms with Crippen LogP contribution < -0.4 is 0 Å². The third-order valence-corrected chi connectivity index (χ3v) is 12.9. The van der Waals surface area contributed by atoms with Gasteiger partial charge in [-0.25, -0.2) is 4.79 Å². The quantitative estimate of drug-likeness (QED) is 0.117. The monoisotopic (exact) mass is 470 g/mol. The van der Waals surface area contributed by atoms with E-state index >= 15 is 0 Å². The number of esters is 1. The summed E-state index contributed by atoms with van der Waals surface area (Å²) in [7, 11) is -1.81. The van der Waals surface area contributed by atoms with Crippen molar-refractivity contribution in [2.24, 2.45) is 0 Å². The van der Waals surface area contributed by atoms with Crippen LogP contribution in [0, 0.1) is 0 Å². The van der Waals surface area contributed by atoms with Crippen molar-refractivity contribution >= 4 is 14.3 Å². The fourth-order valence-corrected chi connectivity index (χ4v) is 11.0. The predicted octanol–water partition coefficient (Wildman–Crippen LogP) is 7.16. The van der Waals surface area contributed by atoms with Crippen molar-refractivity contribution in [1.82, 2.24) is 0 Å². The van der Waals surface area contributed by atoms with E-state index in [1.54, 1.807) is 13.0 Å². The Balaban J connectivity index is 2.50. The molecule has 1 rings (SSSR count). The van der Waals surface area contributed by atoms with Gasteiger partial charge >= 0.3 is 5.97 Å². The maximum absolute atomic E-state index is 11.6. The zero-order valence-corrected chi connectivity index (χ0v) is 23.4. The second kappa shape index (κ2) is 13.3. The maximum atomic E-state index is 11.6. The van der Waals surface area contributed by atoms with Crippen molar-refractivity contribution in [1.29, 1.82) is 0 Å². The number of rotatable bonds is 14. The van der Waals surface area contributed by atoms with Gasteiger partial charge in [0.05, 0.1) is 12.7 Å². The SMILES string of the molecule is CCOC(=O)/C=C\[C@@H]1OC(C)(C)O[C@H]1CCCCC[C@@H](C)O[Si](C(C)C)(C(C)C)C(C)C. The summed E-state index contributed by atoms with van der Waals surface area (Å²) in [4.78, 5) is 11.6. The molecule has 1 aliphatic rings. The average Bonchev–Trinajstić information content (AvgIpc) is 2.97. The summed E-state index contributed by atoms with van der Waals surface area (Å²) in [5.41, 5.74) is 1.85. The normalized spacial score (nSPS) is 22.4. The summed E-state index contributed by atoms with van der Waals surface area (Å²) in [6.45, 7) is 22.3. The van der Waals surface area contributed by atoms with Crippen LogP contribution >= 0.6 is 0 Å². The van der Waals surface area contributed by atoms with Crippen LogP contribution in [0.3, 0.4) is 0 Å². The Labute approximate surface area is 198 Å². The first-order valence-electron chi connectivity index (χ1n) is 12.7. The van der Waals surface area contributed by atoms with Crippen LogP contribution in [0.2, 0.25) is 16.6 Å². The fraction of sp³-hybridized carbons (Fsp3) is 0.885. The molecular weight excluding hydrogens is 420 g/mol. The molecule has 0 aromatic heterocycles. The molecule has 1 aliphatic heterocycles. The molecule has 0 bridgehead atoms. The second-order valence-corrected chi connectivity index (χ2v) is 16.0. The highest BCUT2D eigenvalue weighted by Crippen LogP contribution is 2.43. The van der Waals surface area contributed by atoms with Crippen LogP contribution in [0.1, 0.15) is 101 Å². The van der Waals surface area contributed by atoms with E-state index in [4.69, 9.17) is 18.6 Å². The van der Waals surface area contributed by atoms with Crippen LogP contribution in [-0.4, -0.2) is 45.0 Å². The fourth-order valence-electron chi connectivity index (χ4n) is 5.38. The van der Waals surface area contributed by atoms with Gasteiger partial charge < -0.3 is 18.6 Å². The Hall–Kier alpha value is -0.693. The van der Waals surface area contributed by atoms with Gasteiger partial charge in [0, 0.05) is 12.2 Å². The highest BCUT2D eigenvalue weighted by atomic mass is 28.4. The molecule has 0 aliphatic carbocycles. The van der Waals surface area contributed by atoms with E-state index in [0.29, 0.717) is 29.3 Å². The average molecular weight is 471 g/mol. The molecule has 32 heavy (non-hydrogen) atoms. The van der Waals surface area contributed by atoms with Crippen LogP contribution in [-0.2, 0) is 23.4 Å². The third-order valence-electron chi connectivity index (χ3n) is 6.64. The maximum Gasteiger partial charge on any atom is 0.330 e. The molecule has 0 unspecified atom stereocenters. The largest absolute Gasteiger partial charge is 0.463 e. The van der Waals surface area contributed by atoms with Crippen LogP contribution in [0.5, 0.6) is 0 Å². The zero-order chi connectivity index (χ0) is 24.5. The number of unbranched alkanes of at least 4 members (excludes halogenated alkanes) is 2. The van der Waals surface area contributed by atoms with Crippen molar-refractivity contribution in [3.05, 3.63) is 12.2 Å². The zero-order valence-electron chi connectivity index (χ0n) is 22.4. The van der Waals surface area contributed by atoms with Crippen molar-refractivity contribution < 1.29 is 23.4 Å². The summed E-state index contributed by atoms with van der Waals surface area (Å²) in [6, 6.07) is 0. The number of carbonyl (C=O) groups is 1. The minimum Gasteiger partial charge on any atom is -0.463 e. The number of hydrogen-bond acceptors (Lipinski definition) is 5. The molecule has 188 valence electrons. The summed E-state index contributed by atoms with van der Waals surface area (Å²) in [6.07, 6.45) is 8.67. The molecule has 6 heteroatoms. The van der Waals surface area contributed by atoms with Crippen molar-refractivity contribution in [3.8, 4) is 0 Å². The molecule has 3 atom stereocenters. The van der Waals surface area contributed by atoms with Gasteiger partial charge in [-0.05, 0) is 63.2 Å². The summed E-state index contributed by atoms with van der Waals surface area (Å²) < 4.78 is 23.9. The second-order valence-electron chi connectivity index (χ2n) is 10.6. The lowest BCUT2D eigenvalue weighted by atomic mass is 10.0.